The van der Waals surface area contributed by atoms with Crippen LogP contribution in [0.2, 0.25) is 0 Å². The monoisotopic (exact) mass is 339 g/mol. The van der Waals surface area contributed by atoms with Crippen molar-refractivity contribution in [3.63, 3.8) is 0 Å². The van der Waals surface area contributed by atoms with Gasteiger partial charge in [0.15, 0.2) is 0 Å². The lowest BCUT2D eigenvalue weighted by molar-refractivity contribution is -0.136. The Balaban J connectivity index is 2.03. The number of benzene rings is 1. The summed E-state index contributed by atoms with van der Waals surface area (Å²) in [4.78, 5) is 23.0. The van der Waals surface area contributed by atoms with Gasteiger partial charge in [0.25, 0.3) is 5.91 Å². The van der Waals surface area contributed by atoms with Crippen molar-refractivity contribution in [2.45, 2.75) is 6.42 Å². The van der Waals surface area contributed by atoms with Crippen LogP contribution in [0.1, 0.15) is 15.2 Å². The summed E-state index contributed by atoms with van der Waals surface area (Å²) in [7, 11) is 0. The molecule has 2 N–H and O–H groups in total. The molecule has 2 aromatic rings. The molecule has 0 fully saturated rings. The van der Waals surface area contributed by atoms with E-state index in [0.29, 0.717) is 16.1 Å². The minimum absolute atomic E-state index is 0.0217. The fourth-order valence-corrected chi connectivity index (χ4v) is 2.83. The van der Waals surface area contributed by atoms with Gasteiger partial charge in [0.2, 0.25) is 0 Å². The van der Waals surface area contributed by atoms with Gasteiger partial charge < -0.3 is 10.4 Å². The standard InChI is InChI=1S/C13H10BrNO3S/c14-9-6-11(19-7-9)13(18)15-10-3-1-8(2-4-10)5-12(16)17/h1-4,6-7H,5H2,(H,15,18)(H,16,17). The number of anilines is 1. The molecule has 4 nitrogen and oxygen atoms in total. The van der Waals surface area contributed by atoms with Crippen LogP contribution in [0.3, 0.4) is 0 Å². The van der Waals surface area contributed by atoms with E-state index in [1.165, 1.54) is 11.3 Å². The molecule has 0 spiro atoms. The van der Waals surface area contributed by atoms with E-state index in [4.69, 9.17) is 5.11 Å². The molecule has 0 radical (unpaired) electrons. The Morgan fingerprint density at radius 3 is 2.47 bits per heavy atom. The quantitative estimate of drug-likeness (QED) is 0.897. The lowest BCUT2D eigenvalue weighted by Gasteiger charge is -2.04. The molecule has 19 heavy (non-hydrogen) atoms. The van der Waals surface area contributed by atoms with Gasteiger partial charge in [0.1, 0.15) is 0 Å². The van der Waals surface area contributed by atoms with Crippen LogP contribution in [0, 0.1) is 0 Å². The van der Waals surface area contributed by atoms with E-state index in [1.54, 1.807) is 30.3 Å². The third-order valence-electron chi connectivity index (χ3n) is 2.36. The second kappa shape index (κ2) is 5.99. The molecule has 0 bridgehead atoms. The molecule has 0 unspecified atom stereocenters. The van der Waals surface area contributed by atoms with E-state index in [9.17, 15) is 9.59 Å². The number of carboxylic acids is 1. The number of hydrogen-bond acceptors (Lipinski definition) is 3. The summed E-state index contributed by atoms with van der Waals surface area (Å²) < 4.78 is 0.874. The molecule has 1 aromatic carbocycles. The predicted octanol–water partition coefficient (Wildman–Crippen LogP) is 3.39. The number of aliphatic carboxylic acids is 1. The minimum Gasteiger partial charge on any atom is -0.481 e. The maximum absolute atomic E-state index is 11.9. The highest BCUT2D eigenvalue weighted by atomic mass is 79.9. The SMILES string of the molecule is O=C(O)Cc1ccc(NC(=O)c2cc(Br)cs2)cc1. The van der Waals surface area contributed by atoms with Gasteiger partial charge >= 0.3 is 5.97 Å². The highest BCUT2D eigenvalue weighted by molar-refractivity contribution is 9.10. The Bertz CT molecular complexity index is 607. The van der Waals surface area contributed by atoms with Crippen LogP contribution in [0.4, 0.5) is 5.69 Å². The van der Waals surface area contributed by atoms with Gasteiger partial charge in [-0.1, -0.05) is 12.1 Å². The third-order valence-corrected chi connectivity index (χ3v) is 4.05. The largest absolute Gasteiger partial charge is 0.481 e. The molecule has 0 aliphatic carbocycles. The number of halogens is 1. The van der Waals surface area contributed by atoms with Crippen molar-refractivity contribution in [2.24, 2.45) is 0 Å². The van der Waals surface area contributed by atoms with Crippen LogP contribution in [0.15, 0.2) is 40.2 Å². The number of thiophene rings is 1. The Kier molecular flexibility index (Phi) is 4.34. The summed E-state index contributed by atoms with van der Waals surface area (Å²) in [5, 5.41) is 13.3. The molecule has 0 atom stereocenters. The van der Waals surface area contributed by atoms with Crippen LogP contribution < -0.4 is 5.32 Å². The highest BCUT2D eigenvalue weighted by Gasteiger charge is 2.08. The normalized spacial score (nSPS) is 10.2. The van der Waals surface area contributed by atoms with Crippen molar-refractivity contribution >= 4 is 44.8 Å². The Morgan fingerprint density at radius 1 is 1.26 bits per heavy atom. The average Bonchev–Trinajstić information content (AvgIpc) is 2.78. The van der Waals surface area contributed by atoms with Gasteiger partial charge in [-0.15, -0.1) is 11.3 Å². The van der Waals surface area contributed by atoms with Gasteiger partial charge in [-0.3, -0.25) is 9.59 Å². The molecule has 0 aliphatic heterocycles. The number of hydrogen-bond donors (Lipinski definition) is 2. The van der Waals surface area contributed by atoms with Crippen LogP contribution in [-0.4, -0.2) is 17.0 Å². The topological polar surface area (TPSA) is 66.4 Å². The maximum Gasteiger partial charge on any atom is 0.307 e. The van der Waals surface area contributed by atoms with E-state index in [1.807, 2.05) is 5.38 Å². The van der Waals surface area contributed by atoms with Crippen LogP contribution >= 0.6 is 27.3 Å². The molecule has 1 aromatic heterocycles. The van der Waals surface area contributed by atoms with Crippen LogP contribution in [0.25, 0.3) is 0 Å². The average molecular weight is 340 g/mol. The molecule has 0 aliphatic rings. The summed E-state index contributed by atoms with van der Waals surface area (Å²) in [6, 6.07) is 8.51. The second-order valence-electron chi connectivity index (χ2n) is 3.85. The van der Waals surface area contributed by atoms with Crippen molar-refractivity contribution in [1.29, 1.82) is 0 Å². The minimum atomic E-state index is -0.875. The molecule has 98 valence electrons. The van der Waals surface area contributed by atoms with Gasteiger partial charge in [-0.25, -0.2) is 0 Å². The van der Waals surface area contributed by atoms with Crippen LogP contribution in [-0.2, 0) is 11.2 Å². The first-order valence-electron chi connectivity index (χ1n) is 5.41. The molecule has 6 heteroatoms. The zero-order chi connectivity index (χ0) is 13.8. The number of rotatable bonds is 4. The smallest absolute Gasteiger partial charge is 0.307 e. The number of amides is 1. The zero-order valence-corrected chi connectivity index (χ0v) is 12.1. The van der Waals surface area contributed by atoms with E-state index in [2.05, 4.69) is 21.2 Å². The first-order chi connectivity index (χ1) is 9.04. The predicted molar refractivity (Wildman–Crippen MR) is 77.8 cm³/mol. The molecular weight excluding hydrogens is 330 g/mol. The molecular formula is C13H10BrNO3S. The molecule has 0 saturated heterocycles. The summed E-state index contributed by atoms with van der Waals surface area (Å²) in [5.41, 5.74) is 1.34. The van der Waals surface area contributed by atoms with Crippen molar-refractivity contribution in [3.05, 3.63) is 50.6 Å². The fourth-order valence-electron chi connectivity index (χ4n) is 1.51. The van der Waals surface area contributed by atoms with Gasteiger partial charge in [0.05, 0.1) is 11.3 Å². The van der Waals surface area contributed by atoms with E-state index in [0.717, 1.165) is 4.47 Å². The highest BCUT2D eigenvalue weighted by Crippen LogP contribution is 2.21. The van der Waals surface area contributed by atoms with Gasteiger partial charge in [-0.2, -0.15) is 0 Å². The van der Waals surface area contributed by atoms with E-state index in [-0.39, 0.29) is 12.3 Å². The summed E-state index contributed by atoms with van der Waals surface area (Å²) in [6.07, 6.45) is -0.0217. The molecule has 2 rings (SSSR count). The Hall–Kier alpha value is -1.66. The van der Waals surface area contributed by atoms with Crippen molar-refractivity contribution in [3.8, 4) is 0 Å². The molecule has 1 heterocycles. The number of nitrogens with one attached hydrogen (secondary N) is 1. The first-order valence-corrected chi connectivity index (χ1v) is 7.08. The summed E-state index contributed by atoms with van der Waals surface area (Å²) >= 11 is 4.64. The molecule has 1 amide bonds. The van der Waals surface area contributed by atoms with E-state index < -0.39 is 5.97 Å². The Morgan fingerprint density at radius 2 is 1.95 bits per heavy atom. The van der Waals surface area contributed by atoms with Crippen LogP contribution in [0.5, 0.6) is 0 Å². The van der Waals surface area contributed by atoms with Crippen molar-refractivity contribution < 1.29 is 14.7 Å². The lowest BCUT2D eigenvalue weighted by atomic mass is 10.1. The van der Waals surface area contributed by atoms with Gasteiger partial charge in [-0.05, 0) is 39.7 Å². The lowest BCUT2D eigenvalue weighted by Crippen LogP contribution is -2.10. The van der Waals surface area contributed by atoms with Crippen molar-refractivity contribution in [2.75, 3.05) is 5.32 Å². The zero-order valence-electron chi connectivity index (χ0n) is 9.72. The second-order valence-corrected chi connectivity index (χ2v) is 5.68. The summed E-state index contributed by atoms with van der Waals surface area (Å²) in [5.74, 6) is -1.05. The Labute approximate surface area is 122 Å². The fraction of sp³-hybridized carbons (Fsp3) is 0.0769. The van der Waals surface area contributed by atoms with E-state index >= 15 is 0 Å². The molecule has 0 saturated carbocycles. The number of carbonyl (C=O) groups excluding carboxylic acids is 1. The maximum atomic E-state index is 11.9. The first kappa shape index (κ1) is 13.8. The van der Waals surface area contributed by atoms with Crippen molar-refractivity contribution in [1.82, 2.24) is 0 Å². The number of carboxylic acid groups (broad SMARTS) is 1. The summed E-state index contributed by atoms with van der Waals surface area (Å²) in [6.45, 7) is 0. The third kappa shape index (κ3) is 3.90. The number of carbonyl (C=O) groups is 2. The van der Waals surface area contributed by atoms with Gasteiger partial charge in [0, 0.05) is 15.5 Å².